The van der Waals surface area contributed by atoms with E-state index >= 15 is 0 Å². The van der Waals surface area contributed by atoms with Crippen molar-refractivity contribution in [2.24, 2.45) is 11.3 Å². The molecule has 1 amide bonds. The van der Waals surface area contributed by atoms with Crippen LogP contribution in [0, 0.1) is 18.3 Å². The van der Waals surface area contributed by atoms with E-state index in [1.165, 1.54) is 0 Å². The van der Waals surface area contributed by atoms with Crippen molar-refractivity contribution < 1.29 is 14.7 Å². The number of carboxylic acid groups (broad SMARTS) is 1. The van der Waals surface area contributed by atoms with Crippen molar-refractivity contribution >= 4 is 11.9 Å². The van der Waals surface area contributed by atoms with Gasteiger partial charge in [-0.2, -0.15) is 5.10 Å². The van der Waals surface area contributed by atoms with E-state index in [1.807, 2.05) is 46.8 Å². The average Bonchev–Trinajstić information content (AvgIpc) is 3.15. The van der Waals surface area contributed by atoms with E-state index < -0.39 is 5.97 Å². The largest absolute Gasteiger partial charge is 0.481 e. The summed E-state index contributed by atoms with van der Waals surface area (Å²) in [6, 6.07) is 9.41. The summed E-state index contributed by atoms with van der Waals surface area (Å²) in [6.45, 7) is 3.27. The molecule has 1 aromatic carbocycles. The molecule has 0 bridgehead atoms. The van der Waals surface area contributed by atoms with Gasteiger partial charge in [-0.05, 0) is 61.9 Å². The van der Waals surface area contributed by atoms with Gasteiger partial charge in [0, 0.05) is 30.5 Å². The summed E-state index contributed by atoms with van der Waals surface area (Å²) in [4.78, 5) is 25.7. The van der Waals surface area contributed by atoms with Gasteiger partial charge in [-0.1, -0.05) is 0 Å². The number of hydrogen-bond acceptors (Lipinski definition) is 3. The van der Waals surface area contributed by atoms with Gasteiger partial charge >= 0.3 is 5.97 Å². The topological polar surface area (TPSA) is 75.4 Å². The zero-order chi connectivity index (χ0) is 17.6. The molecule has 1 spiro atoms. The second-order valence-electron chi connectivity index (χ2n) is 7.18. The van der Waals surface area contributed by atoms with E-state index in [4.69, 9.17) is 5.11 Å². The zero-order valence-electron chi connectivity index (χ0n) is 14.2. The molecule has 1 aromatic heterocycles. The number of carboxylic acids is 1. The SMILES string of the molecule is Cc1ccnn1-c1ccc(C(=O)N2CCC3(CC2)CC3C(=O)O)cc1. The molecule has 1 saturated heterocycles. The smallest absolute Gasteiger partial charge is 0.307 e. The van der Waals surface area contributed by atoms with Gasteiger partial charge in [0.05, 0.1) is 11.6 Å². The molecule has 0 radical (unpaired) electrons. The number of hydrogen-bond donors (Lipinski definition) is 1. The quantitative estimate of drug-likeness (QED) is 0.932. The summed E-state index contributed by atoms with van der Waals surface area (Å²) in [5, 5.41) is 13.4. The lowest BCUT2D eigenvalue weighted by atomic mass is 9.90. The highest BCUT2D eigenvalue weighted by molar-refractivity contribution is 5.94. The molecule has 6 heteroatoms. The Morgan fingerprint density at radius 2 is 1.84 bits per heavy atom. The first-order valence-corrected chi connectivity index (χ1v) is 8.63. The highest BCUT2D eigenvalue weighted by Gasteiger charge is 2.59. The highest BCUT2D eigenvalue weighted by atomic mass is 16.4. The molecule has 130 valence electrons. The molecule has 1 aliphatic carbocycles. The molecule has 1 aliphatic heterocycles. The van der Waals surface area contributed by atoms with Crippen LogP contribution in [0.2, 0.25) is 0 Å². The lowest BCUT2D eigenvalue weighted by Crippen LogP contribution is -2.40. The molecule has 2 heterocycles. The number of rotatable bonds is 3. The van der Waals surface area contributed by atoms with E-state index in [2.05, 4.69) is 5.10 Å². The van der Waals surface area contributed by atoms with Crippen LogP contribution in [0.1, 0.15) is 35.3 Å². The van der Waals surface area contributed by atoms with E-state index in [-0.39, 0.29) is 17.2 Å². The average molecular weight is 339 g/mol. The lowest BCUT2D eigenvalue weighted by Gasteiger charge is -2.32. The molecule has 1 atom stereocenters. The second kappa shape index (κ2) is 5.72. The monoisotopic (exact) mass is 339 g/mol. The van der Waals surface area contributed by atoms with Crippen LogP contribution in [-0.2, 0) is 4.79 Å². The molecule has 2 fully saturated rings. The second-order valence-corrected chi connectivity index (χ2v) is 7.18. The Kier molecular flexibility index (Phi) is 3.63. The Morgan fingerprint density at radius 3 is 2.36 bits per heavy atom. The van der Waals surface area contributed by atoms with Gasteiger partial charge < -0.3 is 10.0 Å². The van der Waals surface area contributed by atoms with Gasteiger partial charge in [-0.15, -0.1) is 0 Å². The van der Waals surface area contributed by atoms with Crippen molar-refractivity contribution in [3.8, 4) is 5.69 Å². The number of carbonyl (C=O) groups is 2. The van der Waals surface area contributed by atoms with Crippen LogP contribution < -0.4 is 0 Å². The summed E-state index contributed by atoms with van der Waals surface area (Å²) in [5.74, 6) is -0.878. The molecule has 1 unspecified atom stereocenters. The Bertz CT molecular complexity index is 817. The molecule has 6 nitrogen and oxygen atoms in total. The lowest BCUT2D eigenvalue weighted by molar-refractivity contribution is -0.139. The number of aryl methyl sites for hydroxylation is 1. The fourth-order valence-corrected chi connectivity index (χ4v) is 3.97. The maximum Gasteiger partial charge on any atom is 0.307 e. The fourth-order valence-electron chi connectivity index (χ4n) is 3.97. The molecule has 25 heavy (non-hydrogen) atoms. The van der Waals surface area contributed by atoms with Gasteiger partial charge in [-0.3, -0.25) is 9.59 Å². The van der Waals surface area contributed by atoms with Crippen LogP contribution in [0.15, 0.2) is 36.5 Å². The minimum Gasteiger partial charge on any atom is -0.481 e. The van der Waals surface area contributed by atoms with E-state index in [1.54, 1.807) is 6.20 Å². The number of amides is 1. The number of aliphatic carboxylic acids is 1. The minimum atomic E-state index is -0.690. The molecular weight excluding hydrogens is 318 g/mol. The summed E-state index contributed by atoms with van der Waals surface area (Å²) in [6.07, 6.45) is 4.10. The third kappa shape index (κ3) is 2.71. The maximum absolute atomic E-state index is 12.7. The molecule has 1 saturated carbocycles. The third-order valence-electron chi connectivity index (χ3n) is 5.73. The van der Waals surface area contributed by atoms with Crippen molar-refractivity contribution in [2.45, 2.75) is 26.2 Å². The molecule has 1 N–H and O–H groups in total. The number of carbonyl (C=O) groups excluding carboxylic acids is 1. The van der Waals surface area contributed by atoms with Gasteiger partial charge in [-0.25, -0.2) is 4.68 Å². The van der Waals surface area contributed by atoms with Crippen molar-refractivity contribution in [3.05, 3.63) is 47.8 Å². The van der Waals surface area contributed by atoms with Gasteiger partial charge in [0.15, 0.2) is 0 Å². The Balaban J connectivity index is 1.42. The number of benzene rings is 1. The first-order chi connectivity index (χ1) is 12.0. The third-order valence-corrected chi connectivity index (χ3v) is 5.73. The van der Waals surface area contributed by atoms with Gasteiger partial charge in [0.1, 0.15) is 0 Å². The Hall–Kier alpha value is -2.63. The zero-order valence-corrected chi connectivity index (χ0v) is 14.2. The van der Waals surface area contributed by atoms with Crippen LogP contribution in [0.4, 0.5) is 0 Å². The molecule has 2 aliphatic rings. The van der Waals surface area contributed by atoms with Crippen molar-refractivity contribution in [3.63, 3.8) is 0 Å². The Morgan fingerprint density at radius 1 is 1.16 bits per heavy atom. The van der Waals surface area contributed by atoms with Gasteiger partial charge in [0.2, 0.25) is 0 Å². The Labute approximate surface area is 146 Å². The normalized spacial score (nSPS) is 21.3. The maximum atomic E-state index is 12.7. The minimum absolute atomic E-state index is 0.0195. The summed E-state index contributed by atoms with van der Waals surface area (Å²) >= 11 is 0. The standard InChI is InChI=1S/C19H21N3O3/c1-13-6-9-20-22(13)15-4-2-14(3-5-15)17(23)21-10-7-19(8-11-21)12-16(19)18(24)25/h2-6,9,16H,7-8,10-12H2,1H3,(H,24,25). The van der Waals surface area contributed by atoms with Crippen LogP contribution >= 0.6 is 0 Å². The fraction of sp³-hybridized carbons (Fsp3) is 0.421. The van der Waals surface area contributed by atoms with Crippen LogP contribution in [-0.4, -0.2) is 44.8 Å². The highest BCUT2D eigenvalue weighted by Crippen LogP contribution is 2.59. The summed E-state index contributed by atoms with van der Waals surface area (Å²) in [5.41, 5.74) is 2.58. The van der Waals surface area contributed by atoms with Crippen molar-refractivity contribution in [1.82, 2.24) is 14.7 Å². The van der Waals surface area contributed by atoms with E-state index in [9.17, 15) is 9.59 Å². The summed E-state index contributed by atoms with van der Waals surface area (Å²) in [7, 11) is 0. The molecule has 2 aromatic rings. The predicted molar refractivity (Wildman–Crippen MR) is 91.6 cm³/mol. The van der Waals surface area contributed by atoms with Crippen molar-refractivity contribution in [2.75, 3.05) is 13.1 Å². The first kappa shape index (κ1) is 15.9. The van der Waals surface area contributed by atoms with Crippen LogP contribution in [0.5, 0.6) is 0 Å². The van der Waals surface area contributed by atoms with E-state index in [0.717, 1.165) is 30.6 Å². The van der Waals surface area contributed by atoms with Crippen LogP contribution in [0.3, 0.4) is 0 Å². The first-order valence-electron chi connectivity index (χ1n) is 8.63. The number of piperidine rings is 1. The van der Waals surface area contributed by atoms with Crippen molar-refractivity contribution in [1.29, 1.82) is 0 Å². The van der Waals surface area contributed by atoms with E-state index in [0.29, 0.717) is 18.7 Å². The number of aromatic nitrogens is 2. The molecular formula is C19H21N3O3. The molecule has 4 rings (SSSR count). The van der Waals surface area contributed by atoms with Gasteiger partial charge in [0.25, 0.3) is 5.91 Å². The predicted octanol–water partition coefficient (Wildman–Crippen LogP) is 2.51. The number of likely N-dealkylation sites (tertiary alicyclic amines) is 1. The number of nitrogens with zero attached hydrogens (tertiary/aromatic N) is 3. The van der Waals surface area contributed by atoms with Crippen LogP contribution in [0.25, 0.3) is 5.69 Å². The summed E-state index contributed by atoms with van der Waals surface area (Å²) < 4.78 is 1.83.